The first kappa shape index (κ1) is 2.82. The maximum Gasteiger partial charge on any atom is 0.248 e. The number of rotatable bonds is 0. The fraction of sp³-hybridized carbons (Fsp3) is 0. The summed E-state index contributed by atoms with van der Waals surface area (Å²) in [6.07, 6.45) is 0. The molecule has 8 heavy (non-hydrogen) atoms. The molecule has 0 aliphatic rings. The highest BCUT2D eigenvalue weighted by molar-refractivity contribution is 9.10. The molecule has 0 aliphatic carbocycles. The topological polar surface area (TPSA) is 32.9 Å². The van der Waals surface area contributed by atoms with Crippen molar-refractivity contribution >= 4 is 15.9 Å². The van der Waals surface area contributed by atoms with Crippen LogP contribution in [0.3, 0.4) is 0 Å². The first-order chi connectivity index (χ1) is 5.04. The monoisotopic (exact) mass is 176 g/mol. The van der Waals surface area contributed by atoms with Crippen molar-refractivity contribution in [2.75, 3.05) is 0 Å². The number of aromatic nitrogens is 1. The van der Waals surface area contributed by atoms with Gasteiger partial charge in [0.15, 0.2) is 0 Å². The maximum absolute atomic E-state index is 10.7. The van der Waals surface area contributed by atoms with Crippen molar-refractivity contribution in [3.8, 4) is 0 Å². The van der Waals surface area contributed by atoms with Gasteiger partial charge in [-0.2, -0.15) is 0 Å². The van der Waals surface area contributed by atoms with Gasteiger partial charge >= 0.3 is 0 Å². The third-order valence-corrected chi connectivity index (χ3v) is 0.968. The summed E-state index contributed by atoms with van der Waals surface area (Å²) in [5.74, 6) is 0. The minimum absolute atomic E-state index is 0.142. The van der Waals surface area contributed by atoms with Crippen molar-refractivity contribution in [3.63, 3.8) is 0 Å². The van der Waals surface area contributed by atoms with Crippen molar-refractivity contribution in [3.05, 3.63) is 33.1 Å². The van der Waals surface area contributed by atoms with E-state index in [9.17, 15) is 4.79 Å². The Labute approximate surface area is 58.9 Å². The molecular formula is C5H4BrNO. The fourth-order valence-corrected chi connectivity index (χ4v) is 0.584. The van der Waals surface area contributed by atoms with Crippen LogP contribution < -0.4 is 5.56 Å². The van der Waals surface area contributed by atoms with E-state index in [2.05, 4.69) is 20.9 Å². The lowest BCUT2D eigenvalue weighted by Gasteiger charge is -1.82. The Bertz CT molecular complexity index is 348. The molecule has 0 saturated heterocycles. The van der Waals surface area contributed by atoms with Crippen LogP contribution in [0.15, 0.2) is 27.5 Å². The molecule has 0 saturated carbocycles. The number of hydrogen-bond acceptors (Lipinski definition) is 1. The maximum atomic E-state index is 10.7. The van der Waals surface area contributed by atoms with E-state index in [0.717, 1.165) is 0 Å². The van der Waals surface area contributed by atoms with Gasteiger partial charge in [-0.3, -0.25) is 4.79 Å². The number of halogens is 1. The van der Waals surface area contributed by atoms with Gasteiger partial charge in [-0.05, 0) is 22.0 Å². The SMILES string of the molecule is [2H]c1c(Br)[nH]c(=O)c([2H])c1[2H]. The molecule has 0 aliphatic heterocycles. The Balaban J connectivity index is 3.59. The van der Waals surface area contributed by atoms with E-state index in [0.29, 0.717) is 0 Å². The van der Waals surface area contributed by atoms with E-state index in [1.165, 1.54) is 0 Å². The molecule has 3 heteroatoms. The van der Waals surface area contributed by atoms with Crippen molar-refractivity contribution in [2.24, 2.45) is 0 Å². The second-order valence-corrected chi connectivity index (χ2v) is 1.94. The van der Waals surface area contributed by atoms with Crippen LogP contribution in [0.2, 0.25) is 0 Å². The highest BCUT2D eigenvalue weighted by atomic mass is 79.9. The zero-order valence-corrected chi connectivity index (χ0v) is 5.37. The Morgan fingerprint density at radius 2 is 2.50 bits per heavy atom. The van der Waals surface area contributed by atoms with E-state index in [1.807, 2.05) is 0 Å². The second-order valence-electron chi connectivity index (χ2n) is 1.14. The van der Waals surface area contributed by atoms with Crippen molar-refractivity contribution < 1.29 is 4.11 Å². The third-order valence-electron chi connectivity index (χ3n) is 0.572. The Kier molecular flexibility index (Phi) is 0.753. The molecule has 1 aromatic heterocycles. The summed E-state index contributed by atoms with van der Waals surface area (Å²) in [5, 5.41) is 0. The molecule has 1 aromatic rings. The summed E-state index contributed by atoms with van der Waals surface area (Å²) >= 11 is 2.88. The van der Waals surface area contributed by atoms with Gasteiger partial charge in [0.2, 0.25) is 5.56 Å². The molecule has 0 aromatic carbocycles. The van der Waals surface area contributed by atoms with Gasteiger partial charge in [0, 0.05) is 6.04 Å². The van der Waals surface area contributed by atoms with Crippen LogP contribution in [0.1, 0.15) is 4.11 Å². The summed E-state index contributed by atoms with van der Waals surface area (Å²) in [7, 11) is 0. The zero-order chi connectivity index (χ0) is 8.59. The molecule has 0 unspecified atom stereocenters. The van der Waals surface area contributed by atoms with E-state index < -0.39 is 11.6 Å². The van der Waals surface area contributed by atoms with Crippen molar-refractivity contribution in [1.82, 2.24) is 4.98 Å². The zero-order valence-electron chi connectivity index (χ0n) is 6.79. The smallest absolute Gasteiger partial charge is 0.248 e. The predicted octanol–water partition coefficient (Wildman–Crippen LogP) is 1.14. The summed E-state index contributed by atoms with van der Waals surface area (Å²) in [5.41, 5.74) is -0.655. The highest BCUT2D eigenvalue weighted by Gasteiger charge is 1.81. The molecule has 1 N–H and O–H groups in total. The molecule has 1 rings (SSSR count). The Hall–Kier alpha value is -0.570. The Morgan fingerprint density at radius 1 is 1.75 bits per heavy atom. The molecular weight excluding hydrogens is 170 g/mol. The average Bonchev–Trinajstić information content (AvgIpc) is 1.97. The van der Waals surface area contributed by atoms with Crippen LogP contribution in [0, 0.1) is 0 Å². The van der Waals surface area contributed by atoms with E-state index in [4.69, 9.17) is 4.11 Å². The van der Waals surface area contributed by atoms with E-state index in [-0.39, 0.29) is 16.7 Å². The number of hydrogen-bond donors (Lipinski definition) is 1. The minimum atomic E-state index is -0.655. The quantitative estimate of drug-likeness (QED) is 0.592. The second kappa shape index (κ2) is 2.13. The predicted molar refractivity (Wildman–Crippen MR) is 34.8 cm³/mol. The van der Waals surface area contributed by atoms with Gasteiger partial charge < -0.3 is 4.98 Å². The van der Waals surface area contributed by atoms with Crippen LogP contribution in [0.4, 0.5) is 0 Å². The Morgan fingerprint density at radius 3 is 3.25 bits per heavy atom. The van der Waals surface area contributed by atoms with Crippen LogP contribution in [-0.4, -0.2) is 4.98 Å². The molecule has 0 spiro atoms. The first-order valence-electron chi connectivity index (χ1n) is 3.39. The lowest BCUT2D eigenvalue weighted by atomic mass is 10.5. The molecule has 42 valence electrons. The number of H-pyrrole nitrogens is 1. The molecule has 0 fully saturated rings. The van der Waals surface area contributed by atoms with E-state index >= 15 is 0 Å². The van der Waals surface area contributed by atoms with Gasteiger partial charge in [-0.15, -0.1) is 0 Å². The molecule has 0 radical (unpaired) electrons. The standard InChI is InChI=1S/C5H4BrNO/c6-4-2-1-3-5(8)7-4/h1-3H,(H,7,8)/i1D,2D,3D. The highest BCUT2D eigenvalue weighted by Crippen LogP contribution is 1.97. The summed E-state index contributed by atoms with van der Waals surface area (Å²) in [6.45, 7) is 0. The van der Waals surface area contributed by atoms with E-state index in [1.54, 1.807) is 0 Å². The van der Waals surface area contributed by atoms with Gasteiger partial charge in [0.1, 0.15) is 0 Å². The van der Waals surface area contributed by atoms with Gasteiger partial charge in [0.25, 0.3) is 0 Å². The molecule has 0 amide bonds. The average molecular weight is 177 g/mol. The lowest BCUT2D eigenvalue weighted by Crippen LogP contribution is -2.00. The van der Waals surface area contributed by atoms with Crippen LogP contribution in [0.25, 0.3) is 0 Å². The van der Waals surface area contributed by atoms with Crippen molar-refractivity contribution in [1.29, 1.82) is 0 Å². The lowest BCUT2D eigenvalue weighted by molar-refractivity contribution is 1.20. The van der Waals surface area contributed by atoms with Gasteiger partial charge in [-0.1, -0.05) is 6.04 Å². The number of aromatic amines is 1. The van der Waals surface area contributed by atoms with Gasteiger partial charge in [0.05, 0.1) is 8.72 Å². The summed E-state index contributed by atoms with van der Waals surface area (Å²) in [6, 6.07) is -1.01. The van der Waals surface area contributed by atoms with Crippen LogP contribution in [-0.2, 0) is 0 Å². The fourth-order valence-electron chi connectivity index (χ4n) is 0.305. The number of nitrogens with one attached hydrogen (secondary N) is 1. The van der Waals surface area contributed by atoms with Crippen molar-refractivity contribution in [2.45, 2.75) is 0 Å². The largest absolute Gasteiger partial charge is 0.317 e. The molecule has 0 bridgehead atoms. The van der Waals surface area contributed by atoms with Gasteiger partial charge in [-0.25, -0.2) is 0 Å². The van der Waals surface area contributed by atoms with Crippen LogP contribution >= 0.6 is 15.9 Å². The van der Waals surface area contributed by atoms with Crippen LogP contribution in [0.5, 0.6) is 0 Å². The minimum Gasteiger partial charge on any atom is -0.317 e. The summed E-state index contributed by atoms with van der Waals surface area (Å²) in [4.78, 5) is 13.0. The third kappa shape index (κ3) is 1.20. The first-order valence-corrected chi connectivity index (χ1v) is 2.69. The normalized spacial score (nSPS) is 14.4. The molecule has 0 atom stereocenters. The molecule has 2 nitrogen and oxygen atoms in total. The number of pyridine rings is 1. The molecule has 1 heterocycles. The summed E-state index contributed by atoms with van der Waals surface area (Å²) < 4.78 is 21.4.